The van der Waals surface area contributed by atoms with E-state index in [2.05, 4.69) is 6.58 Å². The number of ether oxygens (including phenoxy) is 4. The number of hydrogen-bond acceptors (Lipinski definition) is 5. The quantitative estimate of drug-likeness (QED) is 0.273. The fourth-order valence-electron chi connectivity index (χ4n) is 3.03. The van der Waals surface area contributed by atoms with Crippen LogP contribution in [0.2, 0.25) is 0 Å². The molecule has 130 valence electrons. The highest BCUT2D eigenvalue weighted by Gasteiger charge is 2.63. The normalized spacial score (nSPS) is 35.0. The summed E-state index contributed by atoms with van der Waals surface area (Å²) < 4.78 is 24.4. The van der Waals surface area contributed by atoms with Crippen LogP contribution in [-0.2, 0) is 18.9 Å². The summed E-state index contributed by atoms with van der Waals surface area (Å²) >= 11 is 0. The van der Waals surface area contributed by atoms with E-state index in [4.69, 9.17) is 18.9 Å². The molecule has 0 aromatic heterocycles. The number of para-hydroxylation sites is 1. The lowest BCUT2D eigenvalue weighted by Gasteiger charge is -2.32. The van der Waals surface area contributed by atoms with Gasteiger partial charge in [-0.25, -0.2) is 0 Å². The van der Waals surface area contributed by atoms with Crippen molar-refractivity contribution in [3.8, 4) is 0 Å². The lowest BCUT2D eigenvalue weighted by atomic mass is 9.95. The van der Waals surface area contributed by atoms with E-state index in [0.29, 0.717) is 12.3 Å². The summed E-state index contributed by atoms with van der Waals surface area (Å²) in [5, 5.41) is 12.4. The molecule has 24 heavy (non-hydrogen) atoms. The van der Waals surface area contributed by atoms with Crippen LogP contribution < -0.4 is 0 Å². The molecule has 2 aliphatic heterocycles. The average molecular weight is 333 g/mol. The molecule has 1 aromatic rings. The van der Waals surface area contributed by atoms with E-state index >= 15 is 0 Å². The second-order valence-corrected chi connectivity index (χ2v) is 6.58. The van der Waals surface area contributed by atoms with Crippen LogP contribution in [0.4, 0.5) is 5.69 Å². The first-order valence-electron chi connectivity index (χ1n) is 7.98. The van der Waals surface area contributed by atoms with Crippen molar-refractivity contribution in [3.63, 3.8) is 0 Å². The molecule has 2 aliphatic rings. The highest BCUT2D eigenvalue weighted by molar-refractivity contribution is 5.63. The van der Waals surface area contributed by atoms with Gasteiger partial charge in [0.05, 0.1) is 6.61 Å². The Balaban J connectivity index is 1.88. The SMILES string of the molecule is C=CCO[C@@]1(C)[C@@H](/C=[N+](\[O-])c2ccccc2)O[C@@H]2OC(C)(C)O[C@@H]21. The van der Waals surface area contributed by atoms with Gasteiger partial charge in [-0.15, -0.1) is 6.58 Å². The van der Waals surface area contributed by atoms with E-state index in [-0.39, 0.29) is 0 Å². The Labute approximate surface area is 141 Å². The first kappa shape index (κ1) is 17.1. The van der Waals surface area contributed by atoms with Gasteiger partial charge < -0.3 is 24.2 Å². The van der Waals surface area contributed by atoms with Crippen LogP contribution in [0.25, 0.3) is 0 Å². The van der Waals surface area contributed by atoms with Gasteiger partial charge in [0.2, 0.25) is 5.69 Å². The van der Waals surface area contributed by atoms with Gasteiger partial charge in [-0.2, -0.15) is 4.74 Å². The van der Waals surface area contributed by atoms with E-state index in [0.717, 1.165) is 4.74 Å². The summed E-state index contributed by atoms with van der Waals surface area (Å²) in [5.41, 5.74) is -0.337. The molecule has 2 heterocycles. The molecule has 2 saturated heterocycles. The van der Waals surface area contributed by atoms with Crippen LogP contribution in [0.15, 0.2) is 43.0 Å². The Morgan fingerprint density at radius 3 is 2.62 bits per heavy atom. The lowest BCUT2D eigenvalue weighted by molar-refractivity contribution is -0.362. The molecular formula is C18H23NO5. The van der Waals surface area contributed by atoms with Crippen LogP contribution in [-0.4, -0.2) is 47.4 Å². The minimum atomic E-state index is -0.857. The third kappa shape index (κ3) is 3.10. The molecule has 6 heteroatoms. The molecule has 3 rings (SSSR count). The second kappa shape index (κ2) is 6.29. The monoisotopic (exact) mass is 333 g/mol. The molecule has 0 N–H and O–H groups in total. The van der Waals surface area contributed by atoms with Crippen molar-refractivity contribution in [2.45, 2.75) is 50.7 Å². The maximum Gasteiger partial charge on any atom is 0.216 e. The molecule has 0 bridgehead atoms. The van der Waals surface area contributed by atoms with E-state index in [9.17, 15) is 5.21 Å². The number of fused-ring (bicyclic) bond motifs is 1. The number of benzene rings is 1. The van der Waals surface area contributed by atoms with Crippen molar-refractivity contribution < 1.29 is 23.7 Å². The molecule has 6 nitrogen and oxygen atoms in total. The number of nitrogens with zero attached hydrogens (tertiary/aromatic N) is 1. The highest BCUT2D eigenvalue weighted by Crippen LogP contribution is 2.44. The Hall–Kier alpha value is -1.73. The topological polar surface area (TPSA) is 63.0 Å². The molecule has 0 aliphatic carbocycles. The number of hydrogen-bond donors (Lipinski definition) is 0. The summed E-state index contributed by atoms with van der Waals surface area (Å²) in [6, 6.07) is 8.93. The van der Waals surface area contributed by atoms with Gasteiger partial charge in [0.25, 0.3) is 0 Å². The predicted octanol–water partition coefficient (Wildman–Crippen LogP) is 2.74. The van der Waals surface area contributed by atoms with Crippen molar-refractivity contribution in [2.75, 3.05) is 6.61 Å². The fourth-order valence-corrected chi connectivity index (χ4v) is 3.03. The third-order valence-corrected chi connectivity index (χ3v) is 4.26. The highest BCUT2D eigenvalue weighted by atomic mass is 16.8. The molecule has 2 fully saturated rings. The maximum atomic E-state index is 12.4. The van der Waals surface area contributed by atoms with Crippen LogP contribution in [0, 0.1) is 5.21 Å². The van der Waals surface area contributed by atoms with Crippen molar-refractivity contribution >= 4 is 11.9 Å². The Bertz CT molecular complexity index is 630. The van der Waals surface area contributed by atoms with Crippen molar-refractivity contribution in [2.24, 2.45) is 0 Å². The first-order chi connectivity index (χ1) is 11.4. The summed E-state index contributed by atoms with van der Waals surface area (Å²) in [5.74, 6) is -0.754. The zero-order valence-corrected chi connectivity index (χ0v) is 14.2. The molecule has 0 radical (unpaired) electrons. The molecule has 0 spiro atoms. The first-order valence-corrected chi connectivity index (χ1v) is 7.98. The van der Waals surface area contributed by atoms with Crippen molar-refractivity contribution in [1.29, 1.82) is 0 Å². The van der Waals surface area contributed by atoms with Crippen LogP contribution in [0.3, 0.4) is 0 Å². The Morgan fingerprint density at radius 1 is 1.25 bits per heavy atom. The summed E-state index contributed by atoms with van der Waals surface area (Å²) in [6.07, 6.45) is 1.48. The minimum Gasteiger partial charge on any atom is -0.618 e. The number of rotatable bonds is 5. The predicted molar refractivity (Wildman–Crippen MR) is 89.0 cm³/mol. The third-order valence-electron chi connectivity index (χ3n) is 4.26. The van der Waals surface area contributed by atoms with Gasteiger partial charge in [-0.3, -0.25) is 0 Å². The van der Waals surface area contributed by atoms with Crippen LogP contribution in [0.1, 0.15) is 20.8 Å². The Morgan fingerprint density at radius 2 is 1.96 bits per heavy atom. The molecule has 0 saturated carbocycles. The van der Waals surface area contributed by atoms with Gasteiger partial charge >= 0.3 is 0 Å². The zero-order chi connectivity index (χ0) is 17.4. The molecule has 0 amide bonds. The van der Waals surface area contributed by atoms with Gasteiger partial charge in [-0.05, 0) is 20.8 Å². The molecule has 1 aromatic carbocycles. The molecular weight excluding hydrogens is 310 g/mol. The van der Waals surface area contributed by atoms with Crippen LogP contribution in [0.5, 0.6) is 0 Å². The lowest BCUT2D eigenvalue weighted by Crippen LogP contribution is -2.50. The second-order valence-electron chi connectivity index (χ2n) is 6.58. The van der Waals surface area contributed by atoms with E-state index in [1.807, 2.05) is 26.8 Å². The molecule has 0 unspecified atom stereocenters. The maximum absolute atomic E-state index is 12.4. The van der Waals surface area contributed by atoms with Crippen molar-refractivity contribution in [1.82, 2.24) is 0 Å². The largest absolute Gasteiger partial charge is 0.618 e. The summed E-state index contributed by atoms with van der Waals surface area (Å²) in [7, 11) is 0. The van der Waals surface area contributed by atoms with Crippen molar-refractivity contribution in [3.05, 3.63) is 48.2 Å². The Kier molecular flexibility index (Phi) is 4.48. The zero-order valence-electron chi connectivity index (χ0n) is 14.2. The van der Waals surface area contributed by atoms with Gasteiger partial charge in [-0.1, -0.05) is 24.3 Å². The van der Waals surface area contributed by atoms with Gasteiger partial charge in [0.1, 0.15) is 11.7 Å². The standard InChI is InChI=1S/C18H23NO5/c1-5-11-21-18(4)14(12-19(20)13-9-7-6-8-10-13)22-16-15(18)23-17(2,3)24-16/h5-10,12,14-16H,1,11H2,2-4H3/b19-12-/t14-,15+,16-,18+/m1/s1. The average Bonchev–Trinajstić information content (AvgIpc) is 2.98. The molecule has 4 atom stereocenters. The van der Waals surface area contributed by atoms with Crippen LogP contribution >= 0.6 is 0 Å². The summed E-state index contributed by atoms with van der Waals surface area (Å²) in [6.45, 7) is 9.52. The minimum absolute atomic E-state index is 0.321. The fraction of sp³-hybridized carbons (Fsp3) is 0.500. The van der Waals surface area contributed by atoms with E-state index in [1.54, 1.807) is 30.3 Å². The summed E-state index contributed by atoms with van der Waals surface area (Å²) in [4.78, 5) is 0. The van der Waals surface area contributed by atoms with Gasteiger partial charge in [0.15, 0.2) is 24.4 Å². The van der Waals surface area contributed by atoms with E-state index < -0.39 is 29.9 Å². The van der Waals surface area contributed by atoms with E-state index in [1.165, 1.54) is 6.21 Å². The van der Waals surface area contributed by atoms with Gasteiger partial charge in [0, 0.05) is 12.1 Å². The smallest absolute Gasteiger partial charge is 0.216 e.